The molecule has 4 aliphatic carbocycles. The van der Waals surface area contributed by atoms with Gasteiger partial charge in [0.25, 0.3) is 0 Å². The lowest BCUT2D eigenvalue weighted by Gasteiger charge is -2.58. The van der Waals surface area contributed by atoms with E-state index in [1.165, 1.54) is 56.9 Å². The van der Waals surface area contributed by atoms with Crippen LogP contribution in [0.25, 0.3) is 0 Å². The van der Waals surface area contributed by atoms with Crippen LogP contribution < -0.4 is 0 Å². The van der Waals surface area contributed by atoms with E-state index < -0.39 is 6.08 Å². The van der Waals surface area contributed by atoms with Crippen molar-refractivity contribution in [3.8, 4) is 0 Å². The van der Waals surface area contributed by atoms with Crippen molar-refractivity contribution >= 4 is 0 Å². The molecule has 0 heterocycles. The molecule has 4 aliphatic rings. The van der Waals surface area contributed by atoms with Gasteiger partial charge in [-0.2, -0.15) is 0 Å². The van der Waals surface area contributed by atoms with E-state index in [1.807, 2.05) is 0 Å². The van der Waals surface area contributed by atoms with Crippen molar-refractivity contribution in [3.05, 3.63) is 11.6 Å². The van der Waals surface area contributed by atoms with Crippen LogP contribution in [0.1, 0.15) is 107 Å². The van der Waals surface area contributed by atoms with Crippen molar-refractivity contribution in [2.45, 2.75) is 111 Å². The first kappa shape index (κ1) is 19.7. The molecule has 160 valence electrons. The van der Waals surface area contributed by atoms with E-state index in [9.17, 15) is 5.11 Å². The molecule has 1 nitrogen and oxygen atoms in total. The summed E-state index contributed by atoms with van der Waals surface area (Å²) >= 11 is 0. The highest BCUT2D eigenvalue weighted by atomic mass is 16.3. The maximum atomic E-state index is 10.3. The number of fused-ring (bicyclic) bond motifs is 5. The van der Waals surface area contributed by atoms with Crippen molar-refractivity contribution in [2.24, 2.45) is 46.3 Å². The van der Waals surface area contributed by atoms with Gasteiger partial charge in [0.1, 0.15) is 0 Å². The Morgan fingerprint density at radius 1 is 1.07 bits per heavy atom. The van der Waals surface area contributed by atoms with Gasteiger partial charge in [-0.25, -0.2) is 0 Å². The molecule has 0 bridgehead atoms. The molecule has 0 amide bonds. The molecule has 8 atom stereocenters. The molecule has 0 aromatic heterocycles. The summed E-state index contributed by atoms with van der Waals surface area (Å²) < 4.78 is 8.19. The predicted octanol–water partition coefficient (Wildman–Crippen LogP) is 7.39. The van der Waals surface area contributed by atoms with Crippen LogP contribution in [-0.4, -0.2) is 11.2 Å². The topological polar surface area (TPSA) is 20.2 Å². The van der Waals surface area contributed by atoms with Crippen molar-refractivity contribution in [3.63, 3.8) is 0 Å². The predicted molar refractivity (Wildman–Crippen MR) is 119 cm³/mol. The Bertz CT molecular complexity index is 636. The van der Waals surface area contributed by atoms with E-state index in [4.69, 9.17) is 1.37 Å². The zero-order valence-corrected chi connectivity index (χ0v) is 19.3. The molecule has 28 heavy (non-hydrogen) atoms. The summed E-state index contributed by atoms with van der Waals surface area (Å²) in [6.45, 7) is 12.4. The number of allylic oxidation sites excluding steroid dienone is 1. The van der Waals surface area contributed by atoms with E-state index in [0.717, 1.165) is 41.9 Å². The minimum atomic E-state index is -1.22. The Kier molecular flexibility index (Phi) is 5.44. The average Bonchev–Trinajstić information content (AvgIpc) is 2.99. The Morgan fingerprint density at radius 2 is 1.86 bits per heavy atom. The summed E-state index contributed by atoms with van der Waals surface area (Å²) in [5.41, 5.74) is 2.21. The van der Waals surface area contributed by atoms with Gasteiger partial charge in [0, 0.05) is 0 Å². The molecule has 0 radical (unpaired) electrons. The van der Waals surface area contributed by atoms with Gasteiger partial charge >= 0.3 is 0 Å². The van der Waals surface area contributed by atoms with Gasteiger partial charge in [0.2, 0.25) is 0 Å². The molecule has 0 saturated heterocycles. The second-order valence-corrected chi connectivity index (χ2v) is 12.0. The van der Waals surface area contributed by atoms with Crippen molar-refractivity contribution < 1.29 is 6.48 Å². The van der Waals surface area contributed by atoms with E-state index in [-0.39, 0.29) is 5.41 Å². The molecule has 1 unspecified atom stereocenters. The van der Waals surface area contributed by atoms with Gasteiger partial charge in [0.15, 0.2) is 0 Å². The first-order valence-corrected chi connectivity index (χ1v) is 12.5. The second-order valence-electron chi connectivity index (χ2n) is 12.0. The third kappa shape index (κ3) is 3.42. The molecule has 1 N–H and O–H groups in total. The minimum Gasteiger partial charge on any atom is -0.393 e. The molecule has 4 rings (SSSR count). The van der Waals surface area contributed by atoms with Crippen LogP contribution in [-0.2, 0) is 0 Å². The molecule has 0 aromatic carbocycles. The van der Waals surface area contributed by atoms with Crippen LogP contribution in [0.2, 0.25) is 0 Å². The highest BCUT2D eigenvalue weighted by molar-refractivity contribution is 5.25. The van der Waals surface area contributed by atoms with Gasteiger partial charge in [-0.05, 0) is 97.7 Å². The molecular weight excluding hydrogens is 340 g/mol. The summed E-state index contributed by atoms with van der Waals surface area (Å²) in [5, 5.41) is 10.3. The Morgan fingerprint density at radius 3 is 2.61 bits per heavy atom. The van der Waals surface area contributed by atoms with Crippen LogP contribution in [0.15, 0.2) is 11.6 Å². The average molecular weight is 389 g/mol. The summed E-state index contributed by atoms with van der Waals surface area (Å²) in [6.07, 6.45) is 14.6. The van der Waals surface area contributed by atoms with Crippen molar-refractivity contribution in [2.75, 3.05) is 0 Å². The fraction of sp³-hybridized carbons (Fsp3) is 0.926. The minimum absolute atomic E-state index is 0.249. The first-order valence-electron chi connectivity index (χ1n) is 13.0. The van der Waals surface area contributed by atoms with Crippen LogP contribution in [0.4, 0.5) is 0 Å². The molecule has 1 heteroatoms. The number of aliphatic hydroxyl groups is 1. The van der Waals surface area contributed by atoms with Gasteiger partial charge in [-0.1, -0.05) is 65.5 Å². The van der Waals surface area contributed by atoms with Crippen LogP contribution in [0.5, 0.6) is 0 Å². The Balaban J connectivity index is 1.50. The van der Waals surface area contributed by atoms with E-state index in [2.05, 4.69) is 40.7 Å². The third-order valence-electron chi connectivity index (χ3n) is 10.2. The zero-order valence-electron chi connectivity index (χ0n) is 20.3. The summed E-state index contributed by atoms with van der Waals surface area (Å²) in [5.74, 6) is 5.15. The standard InChI is InChI=1S/C27H46O/c1-18(2)7-6-8-19(3)23-11-12-24-22-10-9-20-17-21(28)13-15-26(20,4)25(22)14-16-27(23,24)5/h9,18-19,21-25,28H,6-8,10-17H2,1-5H3/t19-,21?,22+,23-,24+,25+,26+,27-/m1/s1/i21T. The fourth-order valence-electron chi connectivity index (χ4n) is 8.51. The molecule has 0 aliphatic heterocycles. The summed E-state index contributed by atoms with van der Waals surface area (Å²) in [7, 11) is 0. The van der Waals surface area contributed by atoms with E-state index in [0.29, 0.717) is 18.3 Å². The SMILES string of the molecule is [3H]C1(O)CC[C@@]2(C)C(=CC[C@H]3[C@@H]4CC[C@H]([C@H](C)CCCC(C)C)[C@@]4(C)CC[C@@H]32)C1. The smallest absolute Gasteiger partial charge is 0.0604 e. The quantitative estimate of drug-likeness (QED) is 0.487. The van der Waals surface area contributed by atoms with Crippen LogP contribution >= 0.6 is 0 Å². The van der Waals surface area contributed by atoms with Gasteiger partial charge < -0.3 is 5.11 Å². The second kappa shape index (κ2) is 7.75. The third-order valence-corrected chi connectivity index (χ3v) is 10.2. The lowest BCUT2D eigenvalue weighted by molar-refractivity contribution is -0.0573. The maximum absolute atomic E-state index is 10.3. The van der Waals surface area contributed by atoms with Crippen LogP contribution in [0.3, 0.4) is 0 Å². The molecular formula is C27H46O. The zero-order chi connectivity index (χ0) is 21.0. The largest absolute Gasteiger partial charge is 0.393 e. The first-order chi connectivity index (χ1) is 13.6. The van der Waals surface area contributed by atoms with Gasteiger partial charge in [0.05, 0.1) is 7.45 Å². The lowest BCUT2D eigenvalue weighted by atomic mass is 9.47. The monoisotopic (exact) mass is 388 g/mol. The molecule has 0 aromatic rings. The number of hydrogen-bond donors (Lipinski definition) is 1. The normalized spacial score (nSPS) is 49.7. The highest BCUT2D eigenvalue weighted by Gasteiger charge is 2.59. The molecule has 3 fully saturated rings. The fourth-order valence-corrected chi connectivity index (χ4v) is 8.51. The van der Waals surface area contributed by atoms with Gasteiger partial charge in [-0.15, -0.1) is 0 Å². The Labute approximate surface area is 176 Å². The van der Waals surface area contributed by atoms with Crippen molar-refractivity contribution in [1.82, 2.24) is 0 Å². The van der Waals surface area contributed by atoms with Crippen LogP contribution in [0, 0.1) is 46.3 Å². The lowest BCUT2D eigenvalue weighted by Crippen LogP contribution is -2.50. The highest BCUT2D eigenvalue weighted by Crippen LogP contribution is 2.67. The maximum Gasteiger partial charge on any atom is 0.0604 e. The molecule has 0 spiro atoms. The van der Waals surface area contributed by atoms with Gasteiger partial charge in [-0.3, -0.25) is 0 Å². The van der Waals surface area contributed by atoms with E-state index in [1.54, 1.807) is 0 Å². The molecule has 3 saturated carbocycles. The number of hydrogen-bond acceptors (Lipinski definition) is 1. The summed E-state index contributed by atoms with van der Waals surface area (Å²) in [4.78, 5) is 0. The van der Waals surface area contributed by atoms with E-state index >= 15 is 0 Å². The summed E-state index contributed by atoms with van der Waals surface area (Å²) in [6, 6.07) is 0. The number of rotatable bonds is 5. The Hall–Kier alpha value is -0.300. The van der Waals surface area contributed by atoms with Crippen molar-refractivity contribution in [1.29, 1.82) is 0 Å².